The van der Waals surface area contributed by atoms with E-state index in [1.54, 1.807) is 11.3 Å². The van der Waals surface area contributed by atoms with E-state index in [1.165, 1.54) is 0 Å². The quantitative estimate of drug-likeness (QED) is 0.755. The molecule has 0 atom stereocenters. The van der Waals surface area contributed by atoms with Gasteiger partial charge in [0.15, 0.2) is 5.13 Å². The van der Waals surface area contributed by atoms with Gasteiger partial charge in [0, 0.05) is 38.0 Å². The number of benzene rings is 1. The highest BCUT2D eigenvalue weighted by atomic mass is 32.1. The number of anilines is 1. The van der Waals surface area contributed by atoms with Crippen LogP contribution in [-0.2, 0) is 4.79 Å². The van der Waals surface area contributed by atoms with Gasteiger partial charge in [0.05, 0.1) is 12.3 Å². The largest absolute Gasteiger partial charge is 0.494 e. The molecule has 1 aliphatic rings. The first-order valence-corrected chi connectivity index (χ1v) is 9.23. The summed E-state index contributed by atoms with van der Waals surface area (Å²) in [5.41, 5.74) is 1.06. The summed E-state index contributed by atoms with van der Waals surface area (Å²) in [5, 5.41) is 3.13. The predicted octanol–water partition coefficient (Wildman–Crippen LogP) is 2.96. The van der Waals surface area contributed by atoms with Gasteiger partial charge in [-0.2, -0.15) is 0 Å². The van der Waals surface area contributed by atoms with Gasteiger partial charge in [0.25, 0.3) is 0 Å². The van der Waals surface area contributed by atoms with E-state index in [9.17, 15) is 4.79 Å². The monoisotopic (exact) mass is 345 g/mol. The summed E-state index contributed by atoms with van der Waals surface area (Å²) in [6.07, 6.45) is 1.29. The number of amides is 1. The van der Waals surface area contributed by atoms with Crippen LogP contribution >= 0.6 is 11.3 Å². The Morgan fingerprint density at radius 3 is 2.62 bits per heavy atom. The number of rotatable bonds is 6. The topological polar surface area (TPSA) is 45.7 Å². The van der Waals surface area contributed by atoms with Crippen LogP contribution in [0.3, 0.4) is 0 Å². The summed E-state index contributed by atoms with van der Waals surface area (Å²) in [6.45, 7) is 5.86. The SMILES string of the molecule is Cc1csc(N2CCN(C(=O)CCCOc3ccccc3)CC2)n1. The van der Waals surface area contributed by atoms with E-state index in [4.69, 9.17) is 4.74 Å². The number of ether oxygens (including phenoxy) is 1. The van der Waals surface area contributed by atoms with Gasteiger partial charge in [-0.15, -0.1) is 11.3 Å². The minimum absolute atomic E-state index is 0.224. The average molecular weight is 345 g/mol. The van der Waals surface area contributed by atoms with Crippen molar-refractivity contribution >= 4 is 22.4 Å². The van der Waals surface area contributed by atoms with Crippen molar-refractivity contribution in [3.05, 3.63) is 41.4 Å². The second kappa shape index (κ2) is 8.15. The molecule has 1 aromatic heterocycles. The molecule has 2 aromatic rings. The number of carbonyl (C=O) groups is 1. The van der Waals surface area contributed by atoms with E-state index in [1.807, 2.05) is 42.2 Å². The molecular weight excluding hydrogens is 322 g/mol. The highest BCUT2D eigenvalue weighted by molar-refractivity contribution is 7.13. The minimum atomic E-state index is 0.224. The van der Waals surface area contributed by atoms with Crippen molar-refractivity contribution in [3.8, 4) is 5.75 Å². The molecule has 24 heavy (non-hydrogen) atoms. The van der Waals surface area contributed by atoms with Gasteiger partial charge in [0.1, 0.15) is 5.75 Å². The van der Waals surface area contributed by atoms with Crippen LogP contribution in [0.5, 0.6) is 5.75 Å². The highest BCUT2D eigenvalue weighted by Gasteiger charge is 2.22. The molecular formula is C18H23N3O2S. The number of carbonyl (C=O) groups excluding carboxylic acids is 1. The summed E-state index contributed by atoms with van der Waals surface area (Å²) in [6, 6.07) is 9.72. The fourth-order valence-corrected chi connectivity index (χ4v) is 3.58. The first kappa shape index (κ1) is 16.8. The van der Waals surface area contributed by atoms with E-state index < -0.39 is 0 Å². The van der Waals surface area contributed by atoms with Crippen LogP contribution in [-0.4, -0.2) is 48.6 Å². The number of thiazole rings is 1. The molecule has 0 saturated carbocycles. The molecule has 0 radical (unpaired) electrons. The van der Waals surface area contributed by atoms with Crippen LogP contribution in [0, 0.1) is 6.92 Å². The van der Waals surface area contributed by atoms with E-state index in [-0.39, 0.29) is 5.91 Å². The van der Waals surface area contributed by atoms with Crippen molar-refractivity contribution in [2.45, 2.75) is 19.8 Å². The molecule has 3 rings (SSSR count). The van der Waals surface area contributed by atoms with Crippen molar-refractivity contribution in [3.63, 3.8) is 0 Å². The van der Waals surface area contributed by atoms with Crippen LogP contribution in [0.15, 0.2) is 35.7 Å². The van der Waals surface area contributed by atoms with E-state index >= 15 is 0 Å². The Morgan fingerprint density at radius 2 is 1.96 bits per heavy atom. The normalized spacial score (nSPS) is 14.7. The number of piperazine rings is 1. The van der Waals surface area contributed by atoms with Crippen LogP contribution in [0.4, 0.5) is 5.13 Å². The van der Waals surface area contributed by atoms with Crippen LogP contribution in [0.25, 0.3) is 0 Å². The van der Waals surface area contributed by atoms with Crippen molar-refractivity contribution in [2.24, 2.45) is 0 Å². The zero-order chi connectivity index (χ0) is 16.8. The second-order valence-electron chi connectivity index (χ2n) is 5.90. The molecule has 1 aliphatic heterocycles. The molecule has 0 N–H and O–H groups in total. The van der Waals surface area contributed by atoms with Crippen molar-refractivity contribution in [1.29, 1.82) is 0 Å². The molecule has 0 bridgehead atoms. The standard InChI is InChI=1S/C18H23N3O2S/c1-15-14-24-18(19-15)21-11-9-20(10-12-21)17(22)8-5-13-23-16-6-3-2-4-7-16/h2-4,6-7,14H,5,8-13H2,1H3. The lowest BCUT2D eigenvalue weighted by atomic mass is 10.2. The number of aromatic nitrogens is 1. The zero-order valence-electron chi connectivity index (χ0n) is 14.0. The molecule has 1 fully saturated rings. The third-order valence-corrected chi connectivity index (χ3v) is 5.08. The molecule has 6 heteroatoms. The highest BCUT2D eigenvalue weighted by Crippen LogP contribution is 2.21. The number of nitrogens with zero attached hydrogens (tertiary/aromatic N) is 3. The lowest BCUT2D eigenvalue weighted by Gasteiger charge is -2.34. The predicted molar refractivity (Wildman–Crippen MR) is 96.8 cm³/mol. The Morgan fingerprint density at radius 1 is 1.21 bits per heavy atom. The Balaban J connectivity index is 1.36. The van der Waals surface area contributed by atoms with Crippen LogP contribution in [0.1, 0.15) is 18.5 Å². The first-order valence-electron chi connectivity index (χ1n) is 8.35. The van der Waals surface area contributed by atoms with Crippen LogP contribution < -0.4 is 9.64 Å². The van der Waals surface area contributed by atoms with Crippen molar-refractivity contribution in [1.82, 2.24) is 9.88 Å². The summed E-state index contributed by atoms with van der Waals surface area (Å²) < 4.78 is 5.64. The smallest absolute Gasteiger partial charge is 0.222 e. The summed E-state index contributed by atoms with van der Waals surface area (Å²) >= 11 is 1.68. The number of aryl methyl sites for hydroxylation is 1. The Labute approximate surface area is 146 Å². The molecule has 5 nitrogen and oxygen atoms in total. The summed E-state index contributed by atoms with van der Waals surface area (Å²) in [5.74, 6) is 1.08. The Hall–Kier alpha value is -2.08. The van der Waals surface area contributed by atoms with Gasteiger partial charge in [-0.05, 0) is 25.5 Å². The maximum atomic E-state index is 12.3. The molecule has 0 aliphatic carbocycles. The Bertz CT molecular complexity index is 651. The maximum absolute atomic E-state index is 12.3. The fourth-order valence-electron chi connectivity index (χ4n) is 2.72. The average Bonchev–Trinajstić information content (AvgIpc) is 3.06. The number of hydrogen-bond acceptors (Lipinski definition) is 5. The van der Waals surface area contributed by atoms with Crippen LogP contribution in [0.2, 0.25) is 0 Å². The number of para-hydroxylation sites is 1. The van der Waals surface area contributed by atoms with Gasteiger partial charge in [-0.25, -0.2) is 4.98 Å². The lowest BCUT2D eigenvalue weighted by molar-refractivity contribution is -0.131. The van der Waals surface area contributed by atoms with E-state index in [0.29, 0.717) is 13.0 Å². The van der Waals surface area contributed by atoms with Gasteiger partial charge >= 0.3 is 0 Å². The molecule has 1 amide bonds. The first-order chi connectivity index (χ1) is 11.7. The zero-order valence-corrected chi connectivity index (χ0v) is 14.8. The molecule has 1 saturated heterocycles. The van der Waals surface area contributed by atoms with Gasteiger partial charge < -0.3 is 14.5 Å². The van der Waals surface area contributed by atoms with Crippen molar-refractivity contribution in [2.75, 3.05) is 37.7 Å². The molecule has 0 spiro atoms. The molecule has 128 valence electrons. The second-order valence-corrected chi connectivity index (χ2v) is 6.74. The Kier molecular flexibility index (Phi) is 5.69. The van der Waals surface area contributed by atoms with Gasteiger partial charge in [-0.1, -0.05) is 18.2 Å². The van der Waals surface area contributed by atoms with E-state index in [0.717, 1.165) is 49.2 Å². The van der Waals surface area contributed by atoms with Crippen molar-refractivity contribution < 1.29 is 9.53 Å². The molecule has 0 unspecified atom stereocenters. The fraction of sp³-hybridized carbons (Fsp3) is 0.444. The third-order valence-electron chi connectivity index (χ3n) is 4.06. The lowest BCUT2D eigenvalue weighted by Crippen LogP contribution is -2.48. The summed E-state index contributed by atoms with van der Waals surface area (Å²) in [7, 11) is 0. The summed E-state index contributed by atoms with van der Waals surface area (Å²) in [4.78, 5) is 21.0. The minimum Gasteiger partial charge on any atom is -0.494 e. The third kappa shape index (κ3) is 4.47. The van der Waals surface area contributed by atoms with E-state index in [2.05, 4.69) is 15.3 Å². The molecule has 2 heterocycles. The molecule has 1 aromatic carbocycles. The maximum Gasteiger partial charge on any atom is 0.222 e. The number of hydrogen-bond donors (Lipinski definition) is 0. The van der Waals surface area contributed by atoms with Gasteiger partial charge in [0.2, 0.25) is 5.91 Å². The van der Waals surface area contributed by atoms with Gasteiger partial charge in [-0.3, -0.25) is 4.79 Å².